The van der Waals surface area contributed by atoms with Crippen LogP contribution in [0.15, 0.2) is 47.4 Å². The number of aryl methyl sites for hydroxylation is 1. The number of carbonyl (C=O) groups is 2. The van der Waals surface area contributed by atoms with E-state index in [1.54, 1.807) is 0 Å². The Morgan fingerprint density at radius 1 is 1.11 bits per heavy atom. The van der Waals surface area contributed by atoms with Crippen molar-refractivity contribution >= 4 is 21.9 Å². The number of rotatable bonds is 8. The van der Waals surface area contributed by atoms with Gasteiger partial charge in [-0.25, -0.2) is 17.9 Å². The maximum atomic E-state index is 12.2. The summed E-state index contributed by atoms with van der Waals surface area (Å²) in [6, 6.07) is 11.4. The van der Waals surface area contributed by atoms with Gasteiger partial charge in [0.1, 0.15) is 10.6 Å². The molecular formula is C19H22N2O6S. The zero-order valence-corrected chi connectivity index (χ0v) is 16.6. The molecular weight excluding hydrogens is 384 g/mol. The standard InChI is InChI=1S/C19H22N2O6S/c1-13-6-4-5-7-15(13)11-21-18(22)12-27-19(23)14-8-9-16(26-3)17(10-14)28(24,25)20-2/h4-10,20H,11-12H2,1-3H3,(H,21,22). The first-order chi connectivity index (χ1) is 13.3. The normalized spacial score (nSPS) is 11.0. The van der Waals surface area contributed by atoms with Crippen LogP contribution in [-0.4, -0.2) is 41.1 Å². The summed E-state index contributed by atoms with van der Waals surface area (Å²) in [4.78, 5) is 23.9. The third kappa shape index (κ3) is 5.30. The first-order valence-corrected chi connectivity index (χ1v) is 9.86. The third-order valence-corrected chi connectivity index (χ3v) is 5.46. The largest absolute Gasteiger partial charge is 0.495 e. The summed E-state index contributed by atoms with van der Waals surface area (Å²) in [6.45, 7) is 1.77. The number of hydrogen-bond acceptors (Lipinski definition) is 6. The van der Waals surface area contributed by atoms with Crippen LogP contribution in [0.25, 0.3) is 0 Å². The van der Waals surface area contributed by atoms with Crippen LogP contribution in [-0.2, 0) is 26.1 Å². The average molecular weight is 406 g/mol. The van der Waals surface area contributed by atoms with E-state index < -0.39 is 28.5 Å². The molecule has 0 fully saturated rings. The summed E-state index contributed by atoms with van der Waals surface area (Å²) in [5, 5.41) is 2.67. The minimum atomic E-state index is -3.83. The summed E-state index contributed by atoms with van der Waals surface area (Å²) in [7, 11) is -1.26. The van der Waals surface area contributed by atoms with Crippen LogP contribution in [0.2, 0.25) is 0 Å². The second kappa shape index (κ2) is 9.34. The summed E-state index contributed by atoms with van der Waals surface area (Å²) < 4.78 is 36.3. The van der Waals surface area contributed by atoms with Crippen molar-refractivity contribution in [1.29, 1.82) is 0 Å². The van der Waals surface area contributed by atoms with Gasteiger partial charge in [-0.15, -0.1) is 0 Å². The third-order valence-electron chi connectivity index (χ3n) is 4.03. The van der Waals surface area contributed by atoms with Crippen LogP contribution in [0.1, 0.15) is 21.5 Å². The summed E-state index contributed by atoms with van der Waals surface area (Å²) in [6.07, 6.45) is 0. The lowest BCUT2D eigenvalue weighted by Gasteiger charge is -2.11. The molecule has 9 heteroatoms. The molecule has 0 heterocycles. The van der Waals surface area contributed by atoms with Crippen LogP contribution in [0.5, 0.6) is 5.75 Å². The van der Waals surface area contributed by atoms with Gasteiger partial charge in [0.05, 0.1) is 12.7 Å². The lowest BCUT2D eigenvalue weighted by Crippen LogP contribution is -2.28. The minimum absolute atomic E-state index is 0.0127. The van der Waals surface area contributed by atoms with Gasteiger partial charge in [-0.2, -0.15) is 0 Å². The smallest absolute Gasteiger partial charge is 0.338 e. The molecule has 8 nitrogen and oxygen atoms in total. The molecule has 2 aromatic rings. The first-order valence-electron chi connectivity index (χ1n) is 8.38. The molecule has 2 aromatic carbocycles. The maximum Gasteiger partial charge on any atom is 0.338 e. The number of benzene rings is 2. The molecule has 0 saturated heterocycles. The van der Waals surface area contributed by atoms with E-state index in [4.69, 9.17) is 9.47 Å². The Kier molecular flexibility index (Phi) is 7.13. The Labute approximate surface area is 163 Å². The van der Waals surface area contributed by atoms with E-state index in [2.05, 4.69) is 10.0 Å². The SMILES string of the molecule is CNS(=O)(=O)c1cc(C(=O)OCC(=O)NCc2ccccc2C)ccc1OC. The second-order valence-electron chi connectivity index (χ2n) is 5.85. The number of nitrogens with one attached hydrogen (secondary N) is 2. The number of amides is 1. The molecule has 0 unspecified atom stereocenters. The van der Waals surface area contributed by atoms with Crippen LogP contribution < -0.4 is 14.8 Å². The van der Waals surface area contributed by atoms with Crippen LogP contribution in [0.3, 0.4) is 0 Å². The van der Waals surface area contributed by atoms with Gasteiger partial charge in [-0.3, -0.25) is 4.79 Å². The molecule has 0 atom stereocenters. The van der Waals surface area contributed by atoms with E-state index in [1.165, 1.54) is 26.3 Å². The van der Waals surface area contributed by atoms with Gasteiger partial charge in [-0.1, -0.05) is 24.3 Å². The molecule has 0 aliphatic carbocycles. The molecule has 0 aliphatic rings. The molecule has 0 saturated carbocycles. The van der Waals surface area contributed by atoms with Gasteiger partial charge < -0.3 is 14.8 Å². The Balaban J connectivity index is 2.00. The van der Waals surface area contributed by atoms with Gasteiger partial charge >= 0.3 is 5.97 Å². The van der Waals surface area contributed by atoms with Gasteiger partial charge in [0.15, 0.2) is 6.61 Å². The van der Waals surface area contributed by atoms with E-state index in [0.29, 0.717) is 6.54 Å². The Hall–Kier alpha value is -2.91. The molecule has 2 rings (SSSR count). The summed E-state index contributed by atoms with van der Waals surface area (Å²) in [5.74, 6) is -1.20. The predicted octanol–water partition coefficient (Wildman–Crippen LogP) is 1.38. The highest BCUT2D eigenvalue weighted by molar-refractivity contribution is 7.89. The number of carbonyl (C=O) groups excluding carboxylic acids is 2. The predicted molar refractivity (Wildman–Crippen MR) is 103 cm³/mol. The van der Waals surface area contributed by atoms with E-state index >= 15 is 0 Å². The van der Waals surface area contributed by atoms with Crippen molar-refractivity contribution in [1.82, 2.24) is 10.0 Å². The summed E-state index contributed by atoms with van der Waals surface area (Å²) in [5.41, 5.74) is 1.98. The lowest BCUT2D eigenvalue weighted by molar-refractivity contribution is -0.124. The number of methoxy groups -OCH3 is 1. The zero-order valence-electron chi connectivity index (χ0n) is 15.8. The lowest BCUT2D eigenvalue weighted by atomic mass is 10.1. The number of hydrogen-bond donors (Lipinski definition) is 2. The van der Waals surface area contributed by atoms with Gasteiger partial charge in [-0.05, 0) is 43.3 Å². The number of esters is 1. The van der Waals surface area contributed by atoms with Crippen molar-refractivity contribution < 1.29 is 27.5 Å². The monoisotopic (exact) mass is 406 g/mol. The van der Waals surface area contributed by atoms with Crippen molar-refractivity contribution in [2.24, 2.45) is 0 Å². The highest BCUT2D eigenvalue weighted by Crippen LogP contribution is 2.25. The fourth-order valence-corrected chi connectivity index (χ4v) is 3.31. The number of ether oxygens (including phenoxy) is 2. The zero-order chi connectivity index (χ0) is 20.7. The van der Waals surface area contributed by atoms with Crippen molar-refractivity contribution in [2.45, 2.75) is 18.4 Å². The molecule has 0 spiro atoms. The van der Waals surface area contributed by atoms with E-state index in [-0.39, 0.29) is 16.2 Å². The highest BCUT2D eigenvalue weighted by Gasteiger charge is 2.21. The van der Waals surface area contributed by atoms with Crippen LogP contribution in [0.4, 0.5) is 0 Å². The van der Waals surface area contributed by atoms with Gasteiger partial charge in [0, 0.05) is 6.54 Å². The van der Waals surface area contributed by atoms with E-state index in [9.17, 15) is 18.0 Å². The Morgan fingerprint density at radius 3 is 2.46 bits per heavy atom. The van der Waals surface area contributed by atoms with Crippen molar-refractivity contribution in [3.8, 4) is 5.75 Å². The topological polar surface area (TPSA) is 111 Å². The first kappa shape index (κ1) is 21.4. The molecule has 0 aromatic heterocycles. The van der Waals surface area contributed by atoms with Crippen LogP contribution in [0, 0.1) is 6.92 Å². The average Bonchev–Trinajstić information content (AvgIpc) is 2.70. The van der Waals surface area contributed by atoms with Gasteiger partial charge in [0.25, 0.3) is 5.91 Å². The Bertz CT molecular complexity index is 972. The summed E-state index contributed by atoms with van der Waals surface area (Å²) >= 11 is 0. The van der Waals surface area contributed by atoms with Crippen molar-refractivity contribution in [3.63, 3.8) is 0 Å². The molecule has 150 valence electrons. The van der Waals surface area contributed by atoms with E-state index in [0.717, 1.165) is 17.2 Å². The molecule has 1 amide bonds. The molecule has 0 radical (unpaired) electrons. The minimum Gasteiger partial charge on any atom is -0.495 e. The molecule has 0 bridgehead atoms. The van der Waals surface area contributed by atoms with Crippen LogP contribution >= 0.6 is 0 Å². The number of sulfonamides is 1. The fraction of sp³-hybridized carbons (Fsp3) is 0.263. The molecule has 0 aliphatic heterocycles. The van der Waals surface area contributed by atoms with Crippen molar-refractivity contribution in [2.75, 3.05) is 20.8 Å². The van der Waals surface area contributed by atoms with E-state index in [1.807, 2.05) is 31.2 Å². The second-order valence-corrected chi connectivity index (χ2v) is 7.71. The molecule has 28 heavy (non-hydrogen) atoms. The maximum absolute atomic E-state index is 12.2. The fourth-order valence-electron chi connectivity index (χ4n) is 2.39. The Morgan fingerprint density at radius 2 is 1.82 bits per heavy atom. The molecule has 2 N–H and O–H groups in total. The quantitative estimate of drug-likeness (QED) is 0.641. The van der Waals surface area contributed by atoms with Crippen molar-refractivity contribution in [3.05, 3.63) is 59.2 Å². The van der Waals surface area contributed by atoms with Gasteiger partial charge in [0.2, 0.25) is 10.0 Å². The highest BCUT2D eigenvalue weighted by atomic mass is 32.2.